The molecule has 0 aliphatic rings. The predicted molar refractivity (Wildman–Crippen MR) is 40.4 cm³/mol. The average Bonchev–Trinajstić information content (AvgIpc) is 1.82. The third-order valence-electron chi connectivity index (χ3n) is 0.867. The maximum Gasteiger partial charge on any atom is 0.197 e. The highest BCUT2D eigenvalue weighted by Gasteiger charge is 1.92. The van der Waals surface area contributed by atoms with Crippen molar-refractivity contribution in [2.24, 2.45) is 4.99 Å². The summed E-state index contributed by atoms with van der Waals surface area (Å²) in [5.74, 6) is 0.810. The number of rotatable bonds is 1. The van der Waals surface area contributed by atoms with Gasteiger partial charge in [0.1, 0.15) is 0 Å². The molecule has 0 rings (SSSR count). The fraction of sp³-hybridized carbons (Fsp3) is 0.500. The molecule has 0 spiro atoms. The predicted octanol–water partition coefficient (Wildman–Crippen LogP) is 0.267. The molecule has 0 amide bonds. The standard InChI is InChI=1S/C6H13N3/c1-5-8-6(7-2)9(3)4/h5H,1H2,2-4H3,(H,7,8). The molecule has 0 fully saturated rings. The van der Waals surface area contributed by atoms with Crippen LogP contribution in [-0.2, 0) is 0 Å². The summed E-state index contributed by atoms with van der Waals surface area (Å²) in [5, 5.41) is 2.87. The van der Waals surface area contributed by atoms with Crippen LogP contribution < -0.4 is 5.32 Å². The van der Waals surface area contributed by atoms with Gasteiger partial charge in [0.05, 0.1) is 0 Å². The lowest BCUT2D eigenvalue weighted by atomic mass is 10.7. The van der Waals surface area contributed by atoms with Crippen LogP contribution in [0.3, 0.4) is 0 Å². The SMILES string of the molecule is C=CNC(=NC)N(C)C. The van der Waals surface area contributed by atoms with Crippen LogP contribution in [0.4, 0.5) is 0 Å². The molecule has 0 aromatic carbocycles. The van der Waals surface area contributed by atoms with Gasteiger partial charge in [-0.1, -0.05) is 6.58 Å². The molecule has 0 aromatic rings. The number of hydrogen-bond donors (Lipinski definition) is 1. The molecule has 3 heteroatoms. The smallest absolute Gasteiger partial charge is 0.197 e. The van der Waals surface area contributed by atoms with E-state index in [-0.39, 0.29) is 0 Å². The first-order chi connectivity index (χ1) is 4.22. The van der Waals surface area contributed by atoms with Crippen molar-refractivity contribution < 1.29 is 0 Å². The van der Waals surface area contributed by atoms with Gasteiger partial charge in [-0.3, -0.25) is 4.99 Å². The van der Waals surface area contributed by atoms with Crippen LogP contribution in [0.5, 0.6) is 0 Å². The Hall–Kier alpha value is -0.990. The molecule has 0 saturated carbocycles. The highest BCUT2D eigenvalue weighted by molar-refractivity contribution is 5.80. The Morgan fingerprint density at radius 3 is 2.33 bits per heavy atom. The minimum atomic E-state index is 0.810. The van der Waals surface area contributed by atoms with Crippen molar-refractivity contribution in [3.63, 3.8) is 0 Å². The minimum Gasteiger partial charge on any atom is -0.349 e. The number of aliphatic imine (C=N–C) groups is 1. The Morgan fingerprint density at radius 1 is 1.67 bits per heavy atom. The molecule has 1 N–H and O–H groups in total. The van der Waals surface area contributed by atoms with E-state index in [2.05, 4.69) is 16.9 Å². The highest BCUT2D eigenvalue weighted by atomic mass is 15.3. The first-order valence-corrected chi connectivity index (χ1v) is 2.74. The normalized spacial score (nSPS) is 10.8. The summed E-state index contributed by atoms with van der Waals surface area (Å²) in [6.45, 7) is 3.51. The van der Waals surface area contributed by atoms with Crippen molar-refractivity contribution in [3.05, 3.63) is 12.8 Å². The van der Waals surface area contributed by atoms with Crippen molar-refractivity contribution >= 4 is 5.96 Å². The van der Waals surface area contributed by atoms with Gasteiger partial charge in [-0.25, -0.2) is 0 Å². The van der Waals surface area contributed by atoms with Gasteiger partial charge in [-0.15, -0.1) is 0 Å². The van der Waals surface area contributed by atoms with Crippen molar-refractivity contribution in [2.75, 3.05) is 21.1 Å². The average molecular weight is 127 g/mol. The molecule has 0 unspecified atom stereocenters. The molecule has 0 atom stereocenters. The molecular formula is C6H13N3. The van der Waals surface area contributed by atoms with Crippen LogP contribution in [0.2, 0.25) is 0 Å². The van der Waals surface area contributed by atoms with E-state index in [1.54, 1.807) is 13.2 Å². The van der Waals surface area contributed by atoms with E-state index in [1.165, 1.54) is 0 Å². The zero-order chi connectivity index (χ0) is 7.28. The van der Waals surface area contributed by atoms with E-state index in [0.717, 1.165) is 5.96 Å². The Balaban J connectivity index is 3.84. The van der Waals surface area contributed by atoms with Crippen LogP contribution in [0, 0.1) is 0 Å². The van der Waals surface area contributed by atoms with Gasteiger partial charge >= 0.3 is 0 Å². The van der Waals surface area contributed by atoms with E-state index < -0.39 is 0 Å². The largest absolute Gasteiger partial charge is 0.349 e. The van der Waals surface area contributed by atoms with Gasteiger partial charge in [-0.2, -0.15) is 0 Å². The summed E-state index contributed by atoms with van der Waals surface area (Å²) < 4.78 is 0. The van der Waals surface area contributed by atoms with Crippen LogP contribution >= 0.6 is 0 Å². The third-order valence-corrected chi connectivity index (χ3v) is 0.867. The summed E-state index contributed by atoms with van der Waals surface area (Å²) in [4.78, 5) is 5.81. The number of nitrogens with zero attached hydrogens (tertiary/aromatic N) is 2. The molecule has 0 aliphatic carbocycles. The van der Waals surface area contributed by atoms with E-state index >= 15 is 0 Å². The summed E-state index contributed by atoms with van der Waals surface area (Å²) in [6.07, 6.45) is 1.60. The van der Waals surface area contributed by atoms with Gasteiger partial charge in [-0.05, 0) is 6.20 Å². The molecule has 0 heterocycles. The second-order valence-corrected chi connectivity index (χ2v) is 1.79. The van der Waals surface area contributed by atoms with Gasteiger partial charge in [0.25, 0.3) is 0 Å². The lowest BCUT2D eigenvalue weighted by Gasteiger charge is -2.13. The maximum atomic E-state index is 3.94. The van der Waals surface area contributed by atoms with Crippen molar-refractivity contribution in [2.45, 2.75) is 0 Å². The fourth-order valence-electron chi connectivity index (χ4n) is 0.485. The van der Waals surface area contributed by atoms with Crippen LogP contribution in [0.25, 0.3) is 0 Å². The zero-order valence-electron chi connectivity index (χ0n) is 6.18. The highest BCUT2D eigenvalue weighted by Crippen LogP contribution is 1.75. The molecule has 9 heavy (non-hydrogen) atoms. The van der Waals surface area contributed by atoms with Crippen molar-refractivity contribution in [1.29, 1.82) is 0 Å². The Labute approximate surface area is 56.1 Å². The number of hydrogen-bond acceptors (Lipinski definition) is 1. The van der Waals surface area contributed by atoms with Crippen LogP contribution in [0.1, 0.15) is 0 Å². The number of guanidine groups is 1. The zero-order valence-corrected chi connectivity index (χ0v) is 6.18. The molecule has 0 saturated heterocycles. The van der Waals surface area contributed by atoms with E-state index in [1.807, 2.05) is 19.0 Å². The van der Waals surface area contributed by atoms with Gasteiger partial charge in [0.2, 0.25) is 0 Å². The topological polar surface area (TPSA) is 27.6 Å². The lowest BCUT2D eigenvalue weighted by molar-refractivity contribution is 0.600. The first kappa shape index (κ1) is 8.01. The Morgan fingerprint density at radius 2 is 2.22 bits per heavy atom. The second kappa shape index (κ2) is 3.95. The van der Waals surface area contributed by atoms with Crippen LogP contribution in [-0.4, -0.2) is 32.0 Å². The van der Waals surface area contributed by atoms with Crippen molar-refractivity contribution in [1.82, 2.24) is 10.2 Å². The molecule has 0 bridgehead atoms. The van der Waals surface area contributed by atoms with Gasteiger partial charge in [0.15, 0.2) is 5.96 Å². The summed E-state index contributed by atoms with van der Waals surface area (Å²) in [5.41, 5.74) is 0. The van der Waals surface area contributed by atoms with E-state index in [9.17, 15) is 0 Å². The van der Waals surface area contributed by atoms with Crippen LogP contribution in [0.15, 0.2) is 17.8 Å². The quantitative estimate of drug-likeness (QED) is 0.404. The lowest BCUT2D eigenvalue weighted by Crippen LogP contribution is -2.32. The van der Waals surface area contributed by atoms with E-state index in [0.29, 0.717) is 0 Å². The van der Waals surface area contributed by atoms with E-state index in [4.69, 9.17) is 0 Å². The Bertz CT molecular complexity index is 115. The molecular weight excluding hydrogens is 114 g/mol. The number of nitrogens with one attached hydrogen (secondary N) is 1. The molecule has 0 aromatic heterocycles. The van der Waals surface area contributed by atoms with Gasteiger partial charge < -0.3 is 10.2 Å². The van der Waals surface area contributed by atoms with Crippen molar-refractivity contribution in [3.8, 4) is 0 Å². The molecule has 3 nitrogen and oxygen atoms in total. The minimum absolute atomic E-state index is 0.810. The Kier molecular flexibility index (Phi) is 3.51. The summed E-state index contributed by atoms with van der Waals surface area (Å²) >= 11 is 0. The first-order valence-electron chi connectivity index (χ1n) is 2.74. The fourth-order valence-corrected chi connectivity index (χ4v) is 0.485. The van der Waals surface area contributed by atoms with Gasteiger partial charge in [0, 0.05) is 21.1 Å². The second-order valence-electron chi connectivity index (χ2n) is 1.79. The summed E-state index contributed by atoms with van der Waals surface area (Å²) in [7, 11) is 5.56. The molecule has 0 aliphatic heterocycles. The molecule has 0 radical (unpaired) electrons. The summed E-state index contributed by atoms with van der Waals surface area (Å²) in [6, 6.07) is 0. The molecule has 52 valence electrons. The maximum absolute atomic E-state index is 3.94. The monoisotopic (exact) mass is 127 g/mol. The third kappa shape index (κ3) is 2.74.